The Morgan fingerprint density at radius 2 is 2.00 bits per heavy atom. The molecule has 1 amide bonds. The molecule has 0 bridgehead atoms. The molecule has 3 aromatic carbocycles. The Balaban J connectivity index is 1.71. The Morgan fingerprint density at radius 1 is 1.17 bits per heavy atom. The van der Waals surface area contributed by atoms with Gasteiger partial charge in [-0.3, -0.25) is 9.78 Å². The lowest BCUT2D eigenvalue weighted by Crippen LogP contribution is -2.38. The number of aryl methyl sites for hydroxylation is 1. The molecule has 0 aliphatic carbocycles. The minimum atomic E-state index is -0.368. The number of nitrogens with zero attached hydrogens (tertiary/aromatic N) is 2. The number of rotatable bonds is 5. The number of amides is 1. The summed E-state index contributed by atoms with van der Waals surface area (Å²) in [5.74, 6) is -0.545. The van der Waals surface area contributed by atoms with Gasteiger partial charge in [-0.05, 0) is 73.3 Å². The molecule has 1 aromatic heterocycles. The molecule has 36 heavy (non-hydrogen) atoms. The minimum Gasteiger partial charge on any atom is -0.506 e. The lowest BCUT2D eigenvalue weighted by Gasteiger charge is -2.24. The second-order valence-electron chi connectivity index (χ2n) is 9.41. The highest BCUT2D eigenvalue weighted by Gasteiger charge is 2.25. The van der Waals surface area contributed by atoms with Crippen molar-refractivity contribution in [1.29, 1.82) is 0 Å². The number of aromatic nitrogens is 1. The van der Waals surface area contributed by atoms with Gasteiger partial charge in [-0.1, -0.05) is 35.9 Å². The third-order valence-corrected chi connectivity index (χ3v) is 7.12. The van der Waals surface area contributed by atoms with Gasteiger partial charge in [0.15, 0.2) is 0 Å². The third kappa shape index (κ3) is 4.66. The molecule has 5 rings (SSSR count). The van der Waals surface area contributed by atoms with Gasteiger partial charge < -0.3 is 15.3 Å². The van der Waals surface area contributed by atoms with Gasteiger partial charge in [-0.15, -0.1) is 0 Å². The van der Waals surface area contributed by atoms with Crippen LogP contribution in [0.1, 0.15) is 28.8 Å². The molecule has 1 atom stereocenters. The van der Waals surface area contributed by atoms with Crippen LogP contribution in [-0.4, -0.2) is 47.1 Å². The lowest BCUT2D eigenvalue weighted by molar-refractivity contribution is 0.0786. The van der Waals surface area contributed by atoms with Gasteiger partial charge in [-0.25, -0.2) is 4.39 Å². The van der Waals surface area contributed by atoms with Gasteiger partial charge in [0.2, 0.25) is 0 Å². The number of benzene rings is 3. The van der Waals surface area contributed by atoms with Gasteiger partial charge in [-0.2, -0.15) is 0 Å². The summed E-state index contributed by atoms with van der Waals surface area (Å²) in [6, 6.07) is 15.6. The lowest BCUT2D eigenvalue weighted by atomic mass is 9.93. The maximum Gasteiger partial charge on any atom is 0.255 e. The molecule has 4 aromatic rings. The zero-order chi connectivity index (χ0) is 25.4. The fourth-order valence-electron chi connectivity index (χ4n) is 4.96. The fourth-order valence-corrected chi connectivity index (χ4v) is 5.20. The van der Waals surface area contributed by atoms with Crippen LogP contribution in [0.15, 0.2) is 60.8 Å². The van der Waals surface area contributed by atoms with E-state index in [1.54, 1.807) is 24.2 Å². The quantitative estimate of drug-likeness (QED) is 0.340. The van der Waals surface area contributed by atoms with Gasteiger partial charge >= 0.3 is 0 Å². The summed E-state index contributed by atoms with van der Waals surface area (Å²) in [6.07, 6.45) is 3.75. The first-order chi connectivity index (χ1) is 17.3. The van der Waals surface area contributed by atoms with Crippen LogP contribution in [-0.2, 0) is 0 Å². The summed E-state index contributed by atoms with van der Waals surface area (Å²) in [7, 11) is 1.80. The van der Waals surface area contributed by atoms with E-state index >= 15 is 0 Å². The van der Waals surface area contributed by atoms with Crippen molar-refractivity contribution in [3.63, 3.8) is 0 Å². The number of nitrogens with one attached hydrogen (secondary N) is 1. The van der Waals surface area contributed by atoms with Crippen molar-refractivity contribution >= 4 is 28.4 Å². The SMILES string of the molecule is Cc1cc(F)cc(-c2cnc3ccc(-c4cccc(O)c4Cl)cc3c2C(=O)N(C)C[C@@H]2CCCN2)c1. The van der Waals surface area contributed by atoms with Gasteiger partial charge in [0.25, 0.3) is 5.91 Å². The first kappa shape index (κ1) is 24.2. The fraction of sp³-hybridized carbons (Fsp3) is 0.241. The van der Waals surface area contributed by atoms with Gasteiger partial charge in [0.1, 0.15) is 11.6 Å². The van der Waals surface area contributed by atoms with Crippen molar-refractivity contribution in [2.24, 2.45) is 0 Å². The number of aromatic hydroxyl groups is 1. The highest BCUT2D eigenvalue weighted by Crippen LogP contribution is 2.38. The summed E-state index contributed by atoms with van der Waals surface area (Å²) >= 11 is 6.40. The molecule has 1 saturated heterocycles. The normalized spacial score (nSPS) is 15.4. The zero-order valence-electron chi connectivity index (χ0n) is 20.2. The Morgan fingerprint density at radius 3 is 2.75 bits per heavy atom. The number of pyridine rings is 1. The molecule has 0 saturated carbocycles. The number of carbonyl (C=O) groups excluding carboxylic acids is 1. The Kier molecular flexibility index (Phi) is 6.65. The second kappa shape index (κ2) is 9.88. The minimum absolute atomic E-state index is 0.0172. The second-order valence-corrected chi connectivity index (χ2v) is 9.79. The van der Waals surface area contributed by atoms with Crippen molar-refractivity contribution in [3.05, 3.63) is 82.8 Å². The van der Waals surface area contributed by atoms with Crippen LogP contribution in [0.2, 0.25) is 5.02 Å². The Labute approximate surface area is 214 Å². The van der Waals surface area contributed by atoms with Gasteiger partial charge in [0, 0.05) is 42.3 Å². The smallest absolute Gasteiger partial charge is 0.255 e. The largest absolute Gasteiger partial charge is 0.506 e. The van der Waals surface area contributed by atoms with Crippen molar-refractivity contribution < 1.29 is 14.3 Å². The summed E-state index contributed by atoms with van der Waals surface area (Å²) in [5.41, 5.74) is 4.41. The summed E-state index contributed by atoms with van der Waals surface area (Å²) in [6.45, 7) is 3.34. The Bertz CT molecular complexity index is 1450. The van der Waals surface area contributed by atoms with Crippen LogP contribution < -0.4 is 5.32 Å². The molecule has 1 fully saturated rings. The van der Waals surface area contributed by atoms with E-state index in [1.165, 1.54) is 18.2 Å². The first-order valence-electron chi connectivity index (χ1n) is 12.0. The summed E-state index contributed by atoms with van der Waals surface area (Å²) in [5, 5.41) is 14.4. The molecule has 7 heteroatoms. The van der Waals surface area contributed by atoms with Crippen molar-refractivity contribution in [1.82, 2.24) is 15.2 Å². The van der Waals surface area contributed by atoms with E-state index in [1.807, 2.05) is 37.3 Å². The zero-order valence-corrected chi connectivity index (χ0v) is 20.9. The molecule has 0 spiro atoms. The van der Waals surface area contributed by atoms with Crippen molar-refractivity contribution in [3.8, 4) is 28.0 Å². The number of carbonyl (C=O) groups is 1. The topological polar surface area (TPSA) is 65.5 Å². The maximum absolute atomic E-state index is 14.4. The molecule has 1 aliphatic heterocycles. The number of phenolic OH excluding ortho intramolecular Hbond substituents is 1. The van der Waals surface area contributed by atoms with E-state index in [-0.39, 0.29) is 28.5 Å². The van der Waals surface area contributed by atoms with Crippen LogP contribution >= 0.6 is 11.6 Å². The van der Waals surface area contributed by atoms with Crippen molar-refractivity contribution in [2.45, 2.75) is 25.8 Å². The number of fused-ring (bicyclic) bond motifs is 1. The molecular formula is C29H27ClFN3O2. The Hall–Kier alpha value is -3.48. The molecule has 1 aliphatic rings. The number of hydrogen-bond acceptors (Lipinski definition) is 4. The molecule has 2 N–H and O–H groups in total. The molecular weight excluding hydrogens is 477 g/mol. The van der Waals surface area contributed by atoms with E-state index in [2.05, 4.69) is 10.3 Å². The van der Waals surface area contributed by atoms with Crippen LogP contribution in [0.3, 0.4) is 0 Å². The van der Waals surface area contributed by atoms with E-state index in [4.69, 9.17) is 11.6 Å². The van der Waals surface area contributed by atoms with Crippen LogP contribution in [0.5, 0.6) is 5.75 Å². The van der Waals surface area contributed by atoms with E-state index < -0.39 is 0 Å². The van der Waals surface area contributed by atoms with Crippen molar-refractivity contribution in [2.75, 3.05) is 20.1 Å². The molecule has 2 heterocycles. The van der Waals surface area contributed by atoms with E-state index in [0.29, 0.717) is 39.7 Å². The van der Waals surface area contributed by atoms with E-state index in [9.17, 15) is 14.3 Å². The predicted molar refractivity (Wildman–Crippen MR) is 142 cm³/mol. The van der Waals surface area contributed by atoms with Crippen LogP contribution in [0.25, 0.3) is 33.2 Å². The highest BCUT2D eigenvalue weighted by molar-refractivity contribution is 6.34. The number of phenols is 1. The van der Waals surface area contributed by atoms with E-state index in [0.717, 1.165) is 30.5 Å². The number of halogens is 2. The molecule has 5 nitrogen and oxygen atoms in total. The maximum atomic E-state index is 14.4. The standard InChI is InChI=1S/C29H27ClFN3O2/c1-17-11-19(13-20(31)12-17)24-15-33-25-9-8-18(22-6-3-7-26(35)28(22)30)14-23(25)27(24)29(36)34(2)16-21-5-4-10-32-21/h3,6-9,11-15,21,32,35H,4-5,10,16H2,1-2H3/t21-/m0/s1. The van der Waals surface area contributed by atoms with Crippen LogP contribution in [0.4, 0.5) is 4.39 Å². The highest BCUT2D eigenvalue weighted by atomic mass is 35.5. The monoisotopic (exact) mass is 503 g/mol. The average molecular weight is 504 g/mol. The molecule has 0 unspecified atom stereocenters. The number of hydrogen-bond donors (Lipinski definition) is 2. The van der Waals surface area contributed by atoms with Crippen LogP contribution in [0, 0.1) is 12.7 Å². The number of likely N-dealkylation sites (N-methyl/N-ethyl adjacent to an activating group) is 1. The first-order valence-corrected chi connectivity index (χ1v) is 12.4. The summed E-state index contributed by atoms with van der Waals surface area (Å²) in [4.78, 5) is 20.3. The predicted octanol–water partition coefficient (Wildman–Crippen LogP) is 6.20. The average Bonchev–Trinajstić information content (AvgIpc) is 3.36. The summed E-state index contributed by atoms with van der Waals surface area (Å²) < 4.78 is 14.4. The third-order valence-electron chi connectivity index (χ3n) is 6.73. The molecule has 0 radical (unpaired) electrons. The van der Waals surface area contributed by atoms with Gasteiger partial charge in [0.05, 0.1) is 16.1 Å². The molecule has 184 valence electrons.